The smallest absolute Gasteiger partial charge is 0.320 e. The van der Waals surface area contributed by atoms with Gasteiger partial charge in [0.1, 0.15) is 6.04 Å². The van der Waals surface area contributed by atoms with Gasteiger partial charge in [-0.1, -0.05) is 0 Å². The van der Waals surface area contributed by atoms with Gasteiger partial charge in [0.15, 0.2) is 0 Å². The summed E-state index contributed by atoms with van der Waals surface area (Å²) in [7, 11) is 0. The second-order valence-corrected chi connectivity index (χ2v) is 4.77. The molecular formula is C11H18N2O3. The van der Waals surface area contributed by atoms with Crippen LogP contribution in [-0.2, 0) is 9.59 Å². The highest BCUT2D eigenvalue weighted by Crippen LogP contribution is 2.39. The fraction of sp³-hybridized carbons (Fsp3) is 0.818. The Morgan fingerprint density at radius 2 is 1.75 bits per heavy atom. The first-order valence-corrected chi connectivity index (χ1v) is 5.88. The average molecular weight is 226 g/mol. The highest BCUT2D eigenvalue weighted by molar-refractivity contribution is 5.77. The van der Waals surface area contributed by atoms with E-state index in [9.17, 15) is 14.7 Å². The van der Waals surface area contributed by atoms with Crippen molar-refractivity contribution < 1.29 is 14.7 Å². The Morgan fingerprint density at radius 3 is 2.06 bits per heavy atom. The molecule has 0 heterocycles. The topological polar surface area (TPSA) is 83.6 Å². The second-order valence-electron chi connectivity index (χ2n) is 4.77. The molecule has 2 fully saturated rings. The van der Waals surface area contributed by atoms with Crippen LogP contribution in [-0.4, -0.2) is 40.0 Å². The minimum Gasteiger partial charge on any atom is -0.480 e. The van der Waals surface area contributed by atoms with Crippen LogP contribution in [0.2, 0.25) is 0 Å². The van der Waals surface area contributed by atoms with Gasteiger partial charge in [0.2, 0.25) is 5.91 Å². The molecule has 0 aliphatic heterocycles. The zero-order valence-corrected chi connectivity index (χ0v) is 9.26. The molecule has 1 atom stereocenters. The predicted molar refractivity (Wildman–Crippen MR) is 57.7 cm³/mol. The molecule has 16 heavy (non-hydrogen) atoms. The van der Waals surface area contributed by atoms with Gasteiger partial charge in [-0.05, 0) is 32.1 Å². The molecule has 0 aromatic rings. The van der Waals surface area contributed by atoms with Crippen molar-refractivity contribution in [2.75, 3.05) is 0 Å². The van der Waals surface area contributed by atoms with Crippen LogP contribution < -0.4 is 5.73 Å². The van der Waals surface area contributed by atoms with E-state index in [1.807, 2.05) is 0 Å². The Balaban J connectivity index is 1.97. The summed E-state index contributed by atoms with van der Waals surface area (Å²) in [6.07, 6.45) is 4.88. The number of carboxylic acids is 1. The third kappa shape index (κ3) is 2.72. The summed E-state index contributed by atoms with van der Waals surface area (Å²) in [6, 6.07) is 0.343. The van der Waals surface area contributed by atoms with Crippen LogP contribution in [0.25, 0.3) is 0 Å². The summed E-state index contributed by atoms with van der Waals surface area (Å²) in [6.45, 7) is 0. The van der Waals surface area contributed by atoms with Crippen LogP contribution in [0.1, 0.15) is 38.5 Å². The van der Waals surface area contributed by atoms with Gasteiger partial charge >= 0.3 is 5.97 Å². The summed E-state index contributed by atoms with van der Waals surface area (Å²) in [5, 5.41) is 9.22. The lowest BCUT2D eigenvalue weighted by Crippen LogP contribution is -2.44. The van der Waals surface area contributed by atoms with E-state index in [0.29, 0.717) is 18.5 Å². The van der Waals surface area contributed by atoms with E-state index in [1.54, 1.807) is 0 Å². The standard InChI is InChI=1S/C11H18N2O3/c12-10(14)6-5-9(11(15)16)13(7-1-2-7)8-3-4-8/h7-9H,1-6H2,(H2,12,14)(H,15,16). The molecule has 0 radical (unpaired) electrons. The summed E-state index contributed by atoms with van der Waals surface area (Å²) in [5.74, 6) is -1.24. The van der Waals surface area contributed by atoms with Crippen molar-refractivity contribution >= 4 is 11.9 Å². The van der Waals surface area contributed by atoms with E-state index in [1.165, 1.54) is 0 Å². The second kappa shape index (κ2) is 4.41. The fourth-order valence-electron chi connectivity index (χ4n) is 2.23. The summed E-state index contributed by atoms with van der Waals surface area (Å²) < 4.78 is 0. The number of nitrogens with zero attached hydrogens (tertiary/aromatic N) is 1. The maximum absolute atomic E-state index is 11.2. The molecule has 0 aromatic carbocycles. The van der Waals surface area contributed by atoms with Gasteiger partial charge in [-0.25, -0.2) is 0 Å². The molecule has 5 heteroatoms. The van der Waals surface area contributed by atoms with Crippen LogP contribution >= 0.6 is 0 Å². The summed E-state index contributed by atoms with van der Waals surface area (Å²) >= 11 is 0. The van der Waals surface area contributed by atoms with Crippen molar-refractivity contribution in [3.8, 4) is 0 Å². The zero-order chi connectivity index (χ0) is 11.7. The number of nitrogens with two attached hydrogens (primary N) is 1. The van der Waals surface area contributed by atoms with Crippen molar-refractivity contribution in [2.24, 2.45) is 5.73 Å². The molecule has 0 bridgehead atoms. The van der Waals surface area contributed by atoms with E-state index in [0.717, 1.165) is 25.7 Å². The van der Waals surface area contributed by atoms with E-state index in [-0.39, 0.29) is 6.42 Å². The number of hydrogen-bond acceptors (Lipinski definition) is 3. The van der Waals surface area contributed by atoms with Crippen LogP contribution in [0.5, 0.6) is 0 Å². The van der Waals surface area contributed by atoms with E-state index in [2.05, 4.69) is 4.90 Å². The number of carboxylic acid groups (broad SMARTS) is 1. The first-order chi connectivity index (χ1) is 7.59. The Labute approximate surface area is 94.6 Å². The van der Waals surface area contributed by atoms with E-state index >= 15 is 0 Å². The van der Waals surface area contributed by atoms with Crippen molar-refractivity contribution in [3.05, 3.63) is 0 Å². The first-order valence-electron chi connectivity index (χ1n) is 5.88. The lowest BCUT2D eigenvalue weighted by atomic mass is 10.1. The van der Waals surface area contributed by atoms with E-state index < -0.39 is 17.9 Å². The van der Waals surface area contributed by atoms with Gasteiger partial charge in [-0.2, -0.15) is 0 Å². The normalized spacial score (nSPS) is 22.1. The van der Waals surface area contributed by atoms with E-state index in [4.69, 9.17) is 5.73 Å². The summed E-state index contributed by atoms with van der Waals surface area (Å²) in [4.78, 5) is 24.1. The zero-order valence-electron chi connectivity index (χ0n) is 9.26. The molecular weight excluding hydrogens is 208 g/mol. The van der Waals surface area contributed by atoms with Crippen LogP contribution in [0.15, 0.2) is 0 Å². The molecule has 2 aliphatic rings. The number of hydrogen-bond donors (Lipinski definition) is 2. The highest BCUT2D eigenvalue weighted by atomic mass is 16.4. The minimum atomic E-state index is -0.819. The van der Waals surface area contributed by atoms with Crippen LogP contribution in [0.3, 0.4) is 0 Å². The minimum absolute atomic E-state index is 0.160. The van der Waals surface area contributed by atoms with Crippen molar-refractivity contribution in [1.82, 2.24) is 4.90 Å². The molecule has 0 aromatic heterocycles. The van der Waals surface area contributed by atoms with Gasteiger partial charge in [-0.3, -0.25) is 14.5 Å². The number of carbonyl (C=O) groups excluding carboxylic acids is 1. The summed E-state index contributed by atoms with van der Waals surface area (Å²) in [5.41, 5.74) is 5.07. The quantitative estimate of drug-likeness (QED) is 0.655. The molecule has 2 aliphatic carbocycles. The Morgan fingerprint density at radius 1 is 1.25 bits per heavy atom. The highest BCUT2D eigenvalue weighted by Gasteiger charge is 2.45. The van der Waals surface area contributed by atoms with Crippen LogP contribution in [0, 0.1) is 0 Å². The van der Waals surface area contributed by atoms with Gasteiger partial charge in [-0.15, -0.1) is 0 Å². The molecule has 2 rings (SSSR count). The molecule has 2 saturated carbocycles. The molecule has 0 saturated heterocycles. The van der Waals surface area contributed by atoms with Crippen molar-refractivity contribution in [2.45, 2.75) is 56.7 Å². The molecule has 1 amide bonds. The third-order valence-corrected chi connectivity index (χ3v) is 3.25. The third-order valence-electron chi connectivity index (χ3n) is 3.25. The number of primary amides is 1. The van der Waals surface area contributed by atoms with Crippen molar-refractivity contribution in [1.29, 1.82) is 0 Å². The van der Waals surface area contributed by atoms with Gasteiger partial charge < -0.3 is 10.8 Å². The number of aliphatic carboxylic acids is 1. The largest absolute Gasteiger partial charge is 0.480 e. The first kappa shape index (κ1) is 11.4. The van der Waals surface area contributed by atoms with Gasteiger partial charge in [0, 0.05) is 18.5 Å². The van der Waals surface area contributed by atoms with Gasteiger partial charge in [0.05, 0.1) is 0 Å². The maximum Gasteiger partial charge on any atom is 0.320 e. The molecule has 90 valence electrons. The Bertz CT molecular complexity index is 286. The monoisotopic (exact) mass is 226 g/mol. The molecule has 5 nitrogen and oxygen atoms in total. The Hall–Kier alpha value is -1.10. The predicted octanol–water partition coefficient (Wildman–Crippen LogP) is 0.332. The molecule has 0 spiro atoms. The maximum atomic E-state index is 11.2. The SMILES string of the molecule is NC(=O)CCC(C(=O)O)N(C1CC1)C1CC1. The van der Waals surface area contributed by atoms with Crippen molar-refractivity contribution in [3.63, 3.8) is 0 Å². The molecule has 3 N–H and O–H groups in total. The average Bonchev–Trinajstić information content (AvgIpc) is 3.03. The lowest BCUT2D eigenvalue weighted by molar-refractivity contribution is -0.144. The Kier molecular flexibility index (Phi) is 3.14. The number of rotatable bonds is 7. The molecule has 1 unspecified atom stereocenters. The number of carbonyl (C=O) groups is 2. The number of amides is 1. The fourth-order valence-corrected chi connectivity index (χ4v) is 2.23. The lowest BCUT2D eigenvalue weighted by Gasteiger charge is -2.28. The van der Waals surface area contributed by atoms with Crippen LogP contribution in [0.4, 0.5) is 0 Å². The van der Waals surface area contributed by atoms with Gasteiger partial charge in [0.25, 0.3) is 0 Å².